The van der Waals surface area contributed by atoms with Crippen molar-refractivity contribution in [3.8, 4) is 0 Å². The molecule has 0 bridgehead atoms. The smallest absolute Gasteiger partial charge is 0.267 e. The van der Waals surface area contributed by atoms with Gasteiger partial charge in [0, 0.05) is 16.4 Å². The zero-order chi connectivity index (χ0) is 11.7. The summed E-state index contributed by atoms with van der Waals surface area (Å²) in [5.41, 5.74) is -0.0208. The molecule has 0 N–H and O–H groups in total. The molecule has 0 amide bonds. The Balaban J connectivity index is 2.64. The quantitative estimate of drug-likeness (QED) is 0.848. The third-order valence-electron chi connectivity index (χ3n) is 2.35. The Morgan fingerprint density at radius 1 is 1.44 bits per heavy atom. The van der Waals surface area contributed by atoms with Crippen LogP contribution in [-0.2, 0) is 6.54 Å². The molecule has 0 spiro atoms. The van der Waals surface area contributed by atoms with Crippen molar-refractivity contribution in [3.63, 3.8) is 0 Å². The summed E-state index contributed by atoms with van der Waals surface area (Å²) in [5.74, 6) is 0.412. The van der Waals surface area contributed by atoms with E-state index in [9.17, 15) is 4.79 Å². The summed E-state index contributed by atoms with van der Waals surface area (Å²) >= 11 is 3.37. The van der Waals surface area contributed by atoms with Crippen molar-refractivity contribution in [1.82, 2.24) is 9.78 Å². The summed E-state index contributed by atoms with van der Waals surface area (Å²) in [6, 6.07) is 5.65. The minimum absolute atomic E-state index is 0.0208. The average Bonchev–Trinajstić information content (AvgIpc) is 2.22. The number of rotatable bonds is 2. The van der Waals surface area contributed by atoms with Crippen molar-refractivity contribution in [2.45, 2.75) is 20.4 Å². The van der Waals surface area contributed by atoms with Crippen molar-refractivity contribution in [2.75, 3.05) is 0 Å². The molecule has 2 aromatic rings. The van der Waals surface area contributed by atoms with Crippen molar-refractivity contribution in [2.24, 2.45) is 5.92 Å². The molecule has 0 aliphatic rings. The molecule has 0 fully saturated rings. The summed E-state index contributed by atoms with van der Waals surface area (Å²) < 4.78 is 2.44. The van der Waals surface area contributed by atoms with Gasteiger partial charge in [-0.15, -0.1) is 0 Å². The van der Waals surface area contributed by atoms with Gasteiger partial charge in [0.1, 0.15) is 0 Å². The van der Waals surface area contributed by atoms with Crippen LogP contribution in [0.15, 0.2) is 33.7 Å². The first-order chi connectivity index (χ1) is 7.58. The number of aromatic nitrogens is 2. The molecule has 1 heterocycles. The number of halogens is 1. The Bertz CT molecular complexity index is 575. The van der Waals surface area contributed by atoms with Gasteiger partial charge in [0.25, 0.3) is 5.56 Å². The van der Waals surface area contributed by atoms with Crippen LogP contribution in [0.2, 0.25) is 0 Å². The van der Waals surface area contributed by atoms with Crippen LogP contribution in [-0.4, -0.2) is 9.78 Å². The van der Waals surface area contributed by atoms with Gasteiger partial charge in [0.15, 0.2) is 0 Å². The Morgan fingerprint density at radius 3 is 2.88 bits per heavy atom. The molecule has 1 aromatic carbocycles. The molecule has 1 aromatic heterocycles. The maximum absolute atomic E-state index is 12.1. The monoisotopic (exact) mass is 280 g/mol. The SMILES string of the molecule is CC(C)Cn1ncc2ccc(Br)cc2c1=O. The lowest BCUT2D eigenvalue weighted by Crippen LogP contribution is -2.24. The molecule has 4 heteroatoms. The number of hydrogen-bond donors (Lipinski definition) is 0. The number of nitrogens with zero attached hydrogens (tertiary/aromatic N) is 2. The molecule has 16 heavy (non-hydrogen) atoms. The first-order valence-electron chi connectivity index (χ1n) is 5.23. The van der Waals surface area contributed by atoms with Crippen molar-refractivity contribution >= 4 is 26.7 Å². The van der Waals surface area contributed by atoms with Gasteiger partial charge in [-0.2, -0.15) is 5.10 Å². The maximum atomic E-state index is 12.1. The Kier molecular flexibility index (Phi) is 3.10. The van der Waals surface area contributed by atoms with Crippen LogP contribution in [0.5, 0.6) is 0 Å². The van der Waals surface area contributed by atoms with E-state index >= 15 is 0 Å². The molecular formula is C12H13BrN2O. The van der Waals surface area contributed by atoms with Crippen LogP contribution >= 0.6 is 15.9 Å². The highest BCUT2D eigenvalue weighted by Gasteiger charge is 2.05. The Labute approximate surface area is 102 Å². The largest absolute Gasteiger partial charge is 0.274 e. The van der Waals surface area contributed by atoms with Gasteiger partial charge in [-0.3, -0.25) is 4.79 Å². The Hall–Kier alpha value is -1.16. The molecule has 3 nitrogen and oxygen atoms in total. The van der Waals surface area contributed by atoms with Gasteiger partial charge in [-0.25, -0.2) is 4.68 Å². The van der Waals surface area contributed by atoms with Crippen LogP contribution in [0.4, 0.5) is 0 Å². The van der Waals surface area contributed by atoms with Crippen LogP contribution < -0.4 is 5.56 Å². The van der Waals surface area contributed by atoms with Crippen LogP contribution in [0.1, 0.15) is 13.8 Å². The van der Waals surface area contributed by atoms with E-state index in [0.717, 1.165) is 9.86 Å². The van der Waals surface area contributed by atoms with Gasteiger partial charge in [0.05, 0.1) is 11.6 Å². The predicted molar refractivity (Wildman–Crippen MR) is 68.5 cm³/mol. The minimum atomic E-state index is -0.0208. The van der Waals surface area contributed by atoms with E-state index in [4.69, 9.17) is 0 Å². The second-order valence-electron chi connectivity index (χ2n) is 4.26. The maximum Gasteiger partial charge on any atom is 0.274 e. The lowest BCUT2D eigenvalue weighted by atomic mass is 10.2. The first kappa shape index (κ1) is 11.3. The van der Waals surface area contributed by atoms with E-state index in [-0.39, 0.29) is 5.56 Å². The lowest BCUT2D eigenvalue weighted by molar-refractivity contribution is 0.467. The predicted octanol–water partition coefficient (Wildman–Crippen LogP) is 2.82. The second kappa shape index (κ2) is 4.37. The van der Waals surface area contributed by atoms with Gasteiger partial charge >= 0.3 is 0 Å². The van der Waals surface area contributed by atoms with E-state index < -0.39 is 0 Å². The highest BCUT2D eigenvalue weighted by atomic mass is 79.9. The third kappa shape index (κ3) is 2.16. The zero-order valence-corrected chi connectivity index (χ0v) is 10.9. The summed E-state index contributed by atoms with van der Waals surface area (Å²) in [4.78, 5) is 12.1. The molecule has 0 saturated heterocycles. The molecule has 0 radical (unpaired) electrons. The highest BCUT2D eigenvalue weighted by Crippen LogP contribution is 2.15. The van der Waals surface area contributed by atoms with Crippen LogP contribution in [0.3, 0.4) is 0 Å². The van der Waals surface area contributed by atoms with Crippen molar-refractivity contribution in [3.05, 3.63) is 39.2 Å². The van der Waals surface area contributed by atoms with E-state index in [1.54, 1.807) is 6.20 Å². The third-order valence-corrected chi connectivity index (χ3v) is 2.85. The number of fused-ring (bicyclic) bond motifs is 1. The molecule has 0 aliphatic heterocycles. The molecule has 0 atom stereocenters. The summed E-state index contributed by atoms with van der Waals surface area (Å²) in [5, 5.41) is 5.76. The summed E-state index contributed by atoms with van der Waals surface area (Å²) in [6.07, 6.45) is 1.74. The van der Waals surface area contributed by atoms with Gasteiger partial charge in [-0.05, 0) is 18.1 Å². The van der Waals surface area contributed by atoms with E-state index in [0.29, 0.717) is 17.8 Å². The van der Waals surface area contributed by atoms with E-state index in [2.05, 4.69) is 34.9 Å². The van der Waals surface area contributed by atoms with E-state index in [1.165, 1.54) is 4.68 Å². The molecule has 0 saturated carbocycles. The first-order valence-corrected chi connectivity index (χ1v) is 6.02. The molecular weight excluding hydrogens is 268 g/mol. The average molecular weight is 281 g/mol. The summed E-state index contributed by atoms with van der Waals surface area (Å²) in [6.45, 7) is 4.79. The normalized spacial score (nSPS) is 11.2. The van der Waals surface area contributed by atoms with Crippen molar-refractivity contribution < 1.29 is 0 Å². The molecule has 2 rings (SSSR count). The minimum Gasteiger partial charge on any atom is -0.267 e. The van der Waals surface area contributed by atoms with Crippen molar-refractivity contribution in [1.29, 1.82) is 0 Å². The number of hydrogen-bond acceptors (Lipinski definition) is 2. The molecule has 0 aliphatic carbocycles. The van der Waals surface area contributed by atoms with Gasteiger partial charge in [0.2, 0.25) is 0 Å². The van der Waals surface area contributed by atoms with Gasteiger partial charge < -0.3 is 0 Å². The summed E-state index contributed by atoms with van der Waals surface area (Å²) in [7, 11) is 0. The fourth-order valence-electron chi connectivity index (χ4n) is 1.63. The van der Waals surface area contributed by atoms with Crippen LogP contribution in [0, 0.1) is 5.92 Å². The fraction of sp³-hybridized carbons (Fsp3) is 0.333. The van der Waals surface area contributed by atoms with Gasteiger partial charge in [-0.1, -0.05) is 35.8 Å². The Morgan fingerprint density at radius 2 is 2.19 bits per heavy atom. The highest BCUT2D eigenvalue weighted by molar-refractivity contribution is 9.10. The van der Waals surface area contributed by atoms with Crippen LogP contribution in [0.25, 0.3) is 10.8 Å². The fourth-order valence-corrected chi connectivity index (χ4v) is 1.99. The molecule has 84 valence electrons. The lowest BCUT2D eigenvalue weighted by Gasteiger charge is -2.08. The second-order valence-corrected chi connectivity index (χ2v) is 5.17. The molecule has 0 unspecified atom stereocenters. The number of benzene rings is 1. The van der Waals surface area contributed by atoms with E-state index in [1.807, 2.05) is 18.2 Å². The standard InChI is InChI=1S/C12H13BrN2O/c1-8(2)7-15-12(16)11-5-10(13)4-3-9(11)6-14-15/h3-6,8H,7H2,1-2H3. The topological polar surface area (TPSA) is 34.9 Å². The zero-order valence-electron chi connectivity index (χ0n) is 9.27.